The number of pyridine rings is 1. The van der Waals surface area contributed by atoms with Gasteiger partial charge in [0, 0.05) is 48.6 Å². The van der Waals surface area contributed by atoms with Gasteiger partial charge >= 0.3 is 18.3 Å². The van der Waals surface area contributed by atoms with Gasteiger partial charge in [-0.05, 0) is 68.0 Å². The van der Waals surface area contributed by atoms with Gasteiger partial charge in [0.05, 0.1) is 24.3 Å². The number of carbonyl (C=O) groups is 3. The molecule has 51 heavy (non-hydrogen) atoms. The predicted molar refractivity (Wildman–Crippen MR) is 176 cm³/mol. The lowest BCUT2D eigenvalue weighted by Crippen LogP contribution is -2.68. The number of nitrogens with zero attached hydrogens (tertiary/aromatic N) is 3. The molecule has 2 aliphatic rings. The van der Waals surface area contributed by atoms with Crippen molar-refractivity contribution in [1.82, 2.24) is 14.8 Å². The van der Waals surface area contributed by atoms with E-state index in [1.165, 1.54) is 4.90 Å². The molecule has 0 aliphatic carbocycles. The van der Waals surface area contributed by atoms with E-state index in [1.807, 2.05) is 0 Å². The van der Waals surface area contributed by atoms with Crippen LogP contribution in [-0.4, -0.2) is 63.9 Å². The second-order valence-electron chi connectivity index (χ2n) is 12.4. The van der Waals surface area contributed by atoms with Crippen LogP contribution >= 0.6 is 22.9 Å². The van der Waals surface area contributed by atoms with Crippen LogP contribution in [0.1, 0.15) is 90.5 Å². The molecule has 0 N–H and O–H groups in total. The van der Waals surface area contributed by atoms with Crippen molar-refractivity contribution in [2.75, 3.05) is 19.7 Å². The maximum Gasteiger partial charge on any atom is 0.425 e. The van der Waals surface area contributed by atoms with Crippen LogP contribution in [0.5, 0.6) is 5.75 Å². The first-order valence-electron chi connectivity index (χ1n) is 16.5. The molecule has 1 fully saturated rings. The minimum absolute atomic E-state index is 0.0547. The number of benzene rings is 1. The number of carbonyl (C=O) groups excluding carboxylic acids is 3. The van der Waals surface area contributed by atoms with Crippen molar-refractivity contribution in [3.63, 3.8) is 0 Å². The third kappa shape index (κ3) is 8.14. The number of hydrogen-bond donors (Lipinski definition) is 0. The maximum atomic E-state index is 15.3. The quantitative estimate of drug-likeness (QED) is 0.152. The van der Waals surface area contributed by atoms with E-state index in [2.05, 4.69) is 4.98 Å². The maximum absolute atomic E-state index is 15.3. The van der Waals surface area contributed by atoms with Crippen LogP contribution < -0.4 is 4.74 Å². The first-order valence-corrected chi connectivity index (χ1v) is 17.8. The number of likely N-dealkylation sites (tertiary alicyclic amines) is 1. The number of piperidine rings is 1. The molecule has 3 aromatic rings. The highest BCUT2D eigenvalue weighted by atomic mass is 35.5. The Morgan fingerprint density at radius 1 is 1.02 bits per heavy atom. The Morgan fingerprint density at radius 2 is 1.78 bits per heavy atom. The summed E-state index contributed by atoms with van der Waals surface area (Å²) in [5, 5.41) is 1.58. The number of esters is 1. The summed E-state index contributed by atoms with van der Waals surface area (Å²) in [7, 11) is 0. The minimum atomic E-state index is -4.92. The van der Waals surface area contributed by atoms with Crippen LogP contribution in [0.3, 0.4) is 0 Å². The van der Waals surface area contributed by atoms with Crippen LogP contribution in [0.2, 0.25) is 5.02 Å². The second-order valence-corrected chi connectivity index (χ2v) is 13.7. The zero-order valence-corrected chi connectivity index (χ0v) is 29.4. The molecule has 0 bridgehead atoms. The number of amides is 2. The normalized spacial score (nSPS) is 20.9. The number of halogens is 7. The molecule has 16 heteroatoms. The van der Waals surface area contributed by atoms with Crippen molar-refractivity contribution in [1.29, 1.82) is 0 Å². The Bertz CT molecular complexity index is 1750. The summed E-state index contributed by atoms with van der Waals surface area (Å²) in [4.78, 5) is 47.3. The number of thiophene rings is 1. The van der Waals surface area contributed by atoms with Crippen molar-refractivity contribution in [2.45, 2.75) is 88.8 Å². The molecule has 2 amide bonds. The number of ether oxygens (including phenoxy) is 2. The van der Waals surface area contributed by atoms with Crippen LogP contribution in [0, 0.1) is 0 Å². The van der Waals surface area contributed by atoms with E-state index in [0.29, 0.717) is 34.8 Å². The molecule has 0 spiro atoms. The van der Waals surface area contributed by atoms with E-state index in [9.17, 15) is 35.9 Å². The van der Waals surface area contributed by atoms with Gasteiger partial charge < -0.3 is 19.3 Å². The second kappa shape index (κ2) is 15.4. The molecule has 1 saturated heterocycles. The molecular weight excluding hydrogens is 724 g/mol. The summed E-state index contributed by atoms with van der Waals surface area (Å²) in [5.41, 5.74) is -2.60. The highest BCUT2D eigenvalue weighted by Crippen LogP contribution is 2.45. The molecule has 0 radical (unpaired) electrons. The summed E-state index contributed by atoms with van der Waals surface area (Å²) in [6.45, 7) is 3.61. The fourth-order valence-electron chi connectivity index (χ4n) is 7.04. The number of rotatable bonds is 10. The first kappa shape index (κ1) is 38.4. The summed E-state index contributed by atoms with van der Waals surface area (Å²) < 4.78 is 94.9. The Balaban J connectivity index is 1.64. The lowest BCUT2D eigenvalue weighted by Gasteiger charge is -2.51. The minimum Gasteiger partial charge on any atom is -0.474 e. The Morgan fingerprint density at radius 3 is 2.45 bits per heavy atom. The topological polar surface area (TPSA) is 89.0 Å². The lowest BCUT2D eigenvalue weighted by molar-refractivity contribution is -0.163. The molecule has 276 valence electrons. The van der Waals surface area contributed by atoms with Crippen molar-refractivity contribution in [2.24, 2.45) is 0 Å². The smallest absolute Gasteiger partial charge is 0.425 e. The van der Waals surface area contributed by atoms with Crippen LogP contribution in [-0.2, 0) is 33.1 Å². The first-order chi connectivity index (χ1) is 24.1. The average molecular weight is 760 g/mol. The van der Waals surface area contributed by atoms with Crippen LogP contribution in [0.15, 0.2) is 48.0 Å². The van der Waals surface area contributed by atoms with E-state index in [0.717, 1.165) is 40.2 Å². The van der Waals surface area contributed by atoms with Gasteiger partial charge in [-0.25, -0.2) is 0 Å². The molecule has 2 aliphatic heterocycles. The van der Waals surface area contributed by atoms with E-state index in [-0.39, 0.29) is 57.6 Å². The fourth-order valence-corrected chi connectivity index (χ4v) is 7.91. The molecule has 1 unspecified atom stereocenters. The monoisotopic (exact) mass is 759 g/mol. The van der Waals surface area contributed by atoms with Crippen molar-refractivity contribution in [3.8, 4) is 5.75 Å². The highest BCUT2D eigenvalue weighted by Gasteiger charge is 2.57. The SMILES string of the molecule is CCC[C@H]1N(C(=O)c2ncccc2C(F)(F)F)CCC[C@@]1(Oc1csc(C(F)(F)F)c1)C(=O)N1CCc2cc(Cl)ccc2C1CCC(=O)OCC. The van der Waals surface area contributed by atoms with Crippen LogP contribution in [0.4, 0.5) is 26.3 Å². The average Bonchev–Trinajstić information content (AvgIpc) is 3.56. The third-order valence-corrected chi connectivity index (χ3v) is 10.4. The largest absolute Gasteiger partial charge is 0.474 e. The third-order valence-electron chi connectivity index (χ3n) is 9.17. The summed E-state index contributed by atoms with van der Waals surface area (Å²) in [6, 6.07) is 5.80. The van der Waals surface area contributed by atoms with Gasteiger partial charge in [-0.2, -0.15) is 26.3 Å². The number of alkyl halides is 6. The van der Waals surface area contributed by atoms with Gasteiger partial charge in [0.2, 0.25) is 5.60 Å². The summed E-state index contributed by atoms with van der Waals surface area (Å²) >= 11 is 6.65. The number of hydrogen-bond acceptors (Lipinski definition) is 7. The van der Waals surface area contributed by atoms with E-state index in [1.54, 1.807) is 32.0 Å². The number of aromatic nitrogens is 1. The van der Waals surface area contributed by atoms with Crippen molar-refractivity contribution in [3.05, 3.63) is 80.3 Å². The summed E-state index contributed by atoms with van der Waals surface area (Å²) in [6.07, 6.45) is -7.74. The van der Waals surface area contributed by atoms with Gasteiger partial charge in [-0.15, -0.1) is 11.3 Å². The molecule has 3 atom stereocenters. The van der Waals surface area contributed by atoms with E-state index < -0.39 is 64.0 Å². The predicted octanol–water partition coefficient (Wildman–Crippen LogP) is 8.53. The molecule has 0 saturated carbocycles. The van der Waals surface area contributed by atoms with Crippen molar-refractivity contribution < 1.29 is 50.2 Å². The van der Waals surface area contributed by atoms with Gasteiger partial charge in [0.25, 0.3) is 11.8 Å². The van der Waals surface area contributed by atoms with Gasteiger partial charge in [0.15, 0.2) is 0 Å². The van der Waals surface area contributed by atoms with E-state index in [4.69, 9.17) is 21.1 Å². The highest BCUT2D eigenvalue weighted by molar-refractivity contribution is 7.10. The van der Waals surface area contributed by atoms with Crippen molar-refractivity contribution >= 4 is 40.7 Å². The Kier molecular flexibility index (Phi) is 11.6. The molecule has 5 rings (SSSR count). The lowest BCUT2D eigenvalue weighted by atomic mass is 9.78. The Hall–Kier alpha value is -3.85. The van der Waals surface area contributed by atoms with Gasteiger partial charge in [0.1, 0.15) is 16.3 Å². The zero-order valence-electron chi connectivity index (χ0n) is 27.8. The standard InChI is InChI=1S/C35H36ClF6N3O5S/c1-3-7-27-33(50-23-19-28(51-20-23)35(40,41)42,14-6-16-45(27)31(47)30-25(34(37,38)39)8-5-15-43-30)32(48)44-17-13-21-18-22(36)9-10-24(21)26(44)11-12-29(46)49-4-2/h5,8-10,15,18-20,26-27H,3-4,6-7,11-14,16-17H2,1-2H3/t26?,27-,33+/m1/s1. The molecule has 4 heterocycles. The molecule has 2 aromatic heterocycles. The van der Waals surface area contributed by atoms with Gasteiger partial charge in [-0.1, -0.05) is 31.0 Å². The fraction of sp³-hybridized carbons (Fsp3) is 0.486. The molecule has 8 nitrogen and oxygen atoms in total. The number of fused-ring (bicyclic) bond motifs is 1. The van der Waals surface area contributed by atoms with E-state index >= 15 is 4.79 Å². The molecule has 1 aromatic carbocycles. The van der Waals surface area contributed by atoms with Gasteiger partial charge in [-0.3, -0.25) is 19.4 Å². The zero-order chi connectivity index (χ0) is 37.1. The van der Waals surface area contributed by atoms with Crippen LogP contribution in [0.25, 0.3) is 0 Å². The summed E-state index contributed by atoms with van der Waals surface area (Å²) in [5.74, 6) is -2.51. The Labute approximate surface area is 299 Å². The molecular formula is C35H36ClF6N3O5S.